The summed E-state index contributed by atoms with van der Waals surface area (Å²) in [5, 5.41) is 17.6. The standard InChI is InChI=1S/C12H11NO5/c1-2-17-11(14)7-18-10-4-3-8(12(15)16)5-9(10)6-13/h3-5H,2,7H2,1H3,(H,15,16). The van der Waals surface area contributed by atoms with E-state index < -0.39 is 11.9 Å². The molecule has 6 heteroatoms. The van der Waals surface area contributed by atoms with Gasteiger partial charge < -0.3 is 14.6 Å². The van der Waals surface area contributed by atoms with Crippen molar-refractivity contribution in [1.82, 2.24) is 0 Å². The molecular formula is C12H11NO5. The van der Waals surface area contributed by atoms with Gasteiger partial charge in [0.25, 0.3) is 0 Å². The minimum atomic E-state index is -1.14. The summed E-state index contributed by atoms with van der Waals surface area (Å²) in [4.78, 5) is 21.8. The molecule has 94 valence electrons. The van der Waals surface area contributed by atoms with Crippen LogP contribution in [0.5, 0.6) is 5.75 Å². The number of carbonyl (C=O) groups is 2. The number of esters is 1. The van der Waals surface area contributed by atoms with Gasteiger partial charge in [-0.15, -0.1) is 0 Å². The van der Waals surface area contributed by atoms with Crippen LogP contribution in [0.15, 0.2) is 18.2 Å². The van der Waals surface area contributed by atoms with E-state index in [1.54, 1.807) is 13.0 Å². The molecule has 0 aromatic heterocycles. The first-order valence-electron chi connectivity index (χ1n) is 5.14. The first-order valence-corrected chi connectivity index (χ1v) is 5.14. The molecule has 0 aliphatic carbocycles. The summed E-state index contributed by atoms with van der Waals surface area (Å²) in [6.07, 6.45) is 0. The van der Waals surface area contributed by atoms with Crippen LogP contribution in [0, 0.1) is 11.3 Å². The zero-order chi connectivity index (χ0) is 13.5. The molecule has 18 heavy (non-hydrogen) atoms. The largest absolute Gasteiger partial charge is 0.481 e. The van der Waals surface area contributed by atoms with Gasteiger partial charge in [0.1, 0.15) is 11.8 Å². The van der Waals surface area contributed by atoms with E-state index >= 15 is 0 Å². The van der Waals surface area contributed by atoms with Crippen molar-refractivity contribution in [2.24, 2.45) is 0 Å². The van der Waals surface area contributed by atoms with Crippen molar-refractivity contribution in [2.75, 3.05) is 13.2 Å². The van der Waals surface area contributed by atoms with Gasteiger partial charge in [-0.25, -0.2) is 9.59 Å². The number of hydrogen-bond acceptors (Lipinski definition) is 5. The van der Waals surface area contributed by atoms with Crippen LogP contribution in [0.25, 0.3) is 0 Å². The summed E-state index contributed by atoms with van der Waals surface area (Å²) >= 11 is 0. The summed E-state index contributed by atoms with van der Waals surface area (Å²) < 4.78 is 9.75. The van der Waals surface area contributed by atoms with E-state index in [0.717, 1.165) is 0 Å². The lowest BCUT2D eigenvalue weighted by Gasteiger charge is -2.07. The molecule has 0 fully saturated rings. The molecule has 0 aliphatic rings. The number of carboxylic acid groups (broad SMARTS) is 1. The summed E-state index contributed by atoms with van der Waals surface area (Å²) in [5.74, 6) is -1.54. The Balaban J connectivity index is 2.81. The monoisotopic (exact) mass is 249 g/mol. The molecule has 0 bridgehead atoms. The van der Waals surface area contributed by atoms with Gasteiger partial charge in [-0.3, -0.25) is 0 Å². The molecule has 1 aromatic carbocycles. The van der Waals surface area contributed by atoms with Crippen LogP contribution in [-0.2, 0) is 9.53 Å². The number of carboxylic acids is 1. The van der Waals surface area contributed by atoms with Crippen LogP contribution >= 0.6 is 0 Å². The topological polar surface area (TPSA) is 96.6 Å². The third-order valence-corrected chi connectivity index (χ3v) is 2.00. The number of nitrogens with zero attached hydrogens (tertiary/aromatic N) is 1. The lowest BCUT2D eigenvalue weighted by atomic mass is 10.1. The zero-order valence-corrected chi connectivity index (χ0v) is 9.67. The number of ether oxygens (including phenoxy) is 2. The minimum absolute atomic E-state index is 0.0185. The lowest BCUT2D eigenvalue weighted by Crippen LogP contribution is -2.15. The average molecular weight is 249 g/mol. The molecule has 0 heterocycles. The van der Waals surface area contributed by atoms with Crippen molar-refractivity contribution in [3.8, 4) is 11.8 Å². The smallest absolute Gasteiger partial charge is 0.344 e. The number of aromatic carboxylic acids is 1. The Morgan fingerprint density at radius 3 is 2.72 bits per heavy atom. The molecule has 0 aliphatic heterocycles. The van der Waals surface area contributed by atoms with Crippen molar-refractivity contribution >= 4 is 11.9 Å². The predicted molar refractivity (Wildman–Crippen MR) is 60.2 cm³/mol. The SMILES string of the molecule is CCOC(=O)COc1ccc(C(=O)O)cc1C#N. The molecule has 0 atom stereocenters. The van der Waals surface area contributed by atoms with E-state index in [-0.39, 0.29) is 30.1 Å². The number of benzene rings is 1. The highest BCUT2D eigenvalue weighted by atomic mass is 16.6. The van der Waals surface area contributed by atoms with Crippen LogP contribution in [0.4, 0.5) is 0 Å². The Bertz CT molecular complexity index is 504. The van der Waals surface area contributed by atoms with Crippen molar-refractivity contribution < 1.29 is 24.2 Å². The molecule has 6 nitrogen and oxygen atoms in total. The normalized spacial score (nSPS) is 9.33. The van der Waals surface area contributed by atoms with E-state index in [4.69, 9.17) is 15.1 Å². The second-order valence-corrected chi connectivity index (χ2v) is 3.22. The minimum Gasteiger partial charge on any atom is -0.481 e. The molecule has 0 spiro atoms. The van der Waals surface area contributed by atoms with Crippen molar-refractivity contribution in [3.63, 3.8) is 0 Å². The Hall–Kier alpha value is -2.55. The predicted octanol–water partition coefficient (Wildman–Crippen LogP) is 1.20. The van der Waals surface area contributed by atoms with Gasteiger partial charge in [-0.05, 0) is 25.1 Å². The quantitative estimate of drug-likeness (QED) is 0.787. The van der Waals surface area contributed by atoms with E-state index in [1.165, 1.54) is 18.2 Å². The highest BCUT2D eigenvalue weighted by Gasteiger charge is 2.11. The van der Waals surface area contributed by atoms with E-state index in [1.807, 2.05) is 0 Å². The van der Waals surface area contributed by atoms with Gasteiger partial charge in [0.05, 0.1) is 17.7 Å². The van der Waals surface area contributed by atoms with Gasteiger partial charge >= 0.3 is 11.9 Å². The average Bonchev–Trinajstić information content (AvgIpc) is 2.36. The van der Waals surface area contributed by atoms with Crippen molar-refractivity contribution in [1.29, 1.82) is 5.26 Å². The maximum absolute atomic E-state index is 11.1. The summed E-state index contributed by atoms with van der Waals surface area (Å²) in [7, 11) is 0. The van der Waals surface area contributed by atoms with E-state index in [0.29, 0.717) is 0 Å². The fourth-order valence-electron chi connectivity index (χ4n) is 1.22. The summed E-state index contributed by atoms with van der Waals surface area (Å²) in [6.45, 7) is 1.58. The number of hydrogen-bond donors (Lipinski definition) is 1. The Morgan fingerprint density at radius 1 is 1.44 bits per heavy atom. The molecule has 1 N–H and O–H groups in total. The molecule has 1 rings (SSSR count). The summed E-state index contributed by atoms with van der Waals surface area (Å²) in [5.41, 5.74) is 0.0363. The van der Waals surface area contributed by atoms with E-state index in [9.17, 15) is 9.59 Å². The van der Waals surface area contributed by atoms with Gasteiger partial charge in [0.2, 0.25) is 0 Å². The Kier molecular flexibility index (Phi) is 4.69. The lowest BCUT2D eigenvalue weighted by molar-refractivity contribution is -0.145. The second kappa shape index (κ2) is 6.25. The fraction of sp³-hybridized carbons (Fsp3) is 0.250. The summed E-state index contributed by atoms with van der Waals surface area (Å²) in [6, 6.07) is 5.62. The first kappa shape index (κ1) is 13.5. The second-order valence-electron chi connectivity index (χ2n) is 3.22. The maximum Gasteiger partial charge on any atom is 0.344 e. The molecule has 0 unspecified atom stereocenters. The molecule has 0 saturated heterocycles. The van der Waals surface area contributed by atoms with Gasteiger partial charge in [-0.1, -0.05) is 0 Å². The van der Waals surface area contributed by atoms with Crippen LogP contribution in [-0.4, -0.2) is 30.3 Å². The zero-order valence-electron chi connectivity index (χ0n) is 9.67. The van der Waals surface area contributed by atoms with Crippen LogP contribution in [0.3, 0.4) is 0 Å². The highest BCUT2D eigenvalue weighted by Crippen LogP contribution is 2.19. The van der Waals surface area contributed by atoms with Gasteiger partial charge in [0.15, 0.2) is 6.61 Å². The highest BCUT2D eigenvalue weighted by molar-refractivity contribution is 5.88. The number of nitriles is 1. The van der Waals surface area contributed by atoms with Crippen LogP contribution < -0.4 is 4.74 Å². The fourth-order valence-corrected chi connectivity index (χ4v) is 1.22. The molecule has 0 radical (unpaired) electrons. The van der Waals surface area contributed by atoms with E-state index in [2.05, 4.69) is 4.74 Å². The van der Waals surface area contributed by atoms with Crippen LogP contribution in [0.1, 0.15) is 22.8 Å². The Labute approximate surface area is 103 Å². The number of carbonyl (C=O) groups excluding carboxylic acids is 1. The first-order chi connectivity index (χ1) is 8.58. The molecular weight excluding hydrogens is 238 g/mol. The maximum atomic E-state index is 11.1. The number of rotatable bonds is 5. The van der Waals surface area contributed by atoms with Gasteiger partial charge in [0, 0.05) is 0 Å². The third-order valence-electron chi connectivity index (χ3n) is 2.00. The Morgan fingerprint density at radius 2 is 2.17 bits per heavy atom. The third kappa shape index (κ3) is 3.49. The van der Waals surface area contributed by atoms with Crippen LogP contribution in [0.2, 0.25) is 0 Å². The van der Waals surface area contributed by atoms with Gasteiger partial charge in [-0.2, -0.15) is 5.26 Å². The van der Waals surface area contributed by atoms with Crippen molar-refractivity contribution in [2.45, 2.75) is 6.92 Å². The molecule has 1 aromatic rings. The molecule has 0 amide bonds. The van der Waals surface area contributed by atoms with Crippen molar-refractivity contribution in [3.05, 3.63) is 29.3 Å². The molecule has 0 saturated carbocycles.